The number of hydrogen-bond acceptors (Lipinski definition) is 6. The van der Waals surface area contributed by atoms with Gasteiger partial charge in [-0.25, -0.2) is 0 Å². The van der Waals surface area contributed by atoms with Gasteiger partial charge in [0.05, 0.1) is 20.0 Å². The van der Waals surface area contributed by atoms with Gasteiger partial charge in [-0.1, -0.05) is 53.5 Å². The molecule has 0 fully saturated rings. The number of thioether (sulfide) groups is 1. The van der Waals surface area contributed by atoms with E-state index in [0.717, 1.165) is 4.90 Å². The van der Waals surface area contributed by atoms with Crippen molar-refractivity contribution in [3.63, 3.8) is 0 Å². The number of anilines is 1. The molecule has 0 atom stereocenters. The van der Waals surface area contributed by atoms with Crippen molar-refractivity contribution in [3.8, 4) is 11.5 Å². The van der Waals surface area contributed by atoms with E-state index in [1.807, 2.05) is 6.07 Å². The first-order valence-electron chi connectivity index (χ1n) is 12.6. The number of carbonyl (C=O) groups is 3. The summed E-state index contributed by atoms with van der Waals surface area (Å²) in [5.74, 6) is 0.0171. The molecule has 0 saturated carbocycles. The van der Waals surface area contributed by atoms with E-state index in [4.69, 9.17) is 32.7 Å². The monoisotopic (exact) mass is 620 g/mol. The second kappa shape index (κ2) is 14.6. The summed E-state index contributed by atoms with van der Waals surface area (Å²) in [6.45, 7) is 0. The first-order valence-corrected chi connectivity index (χ1v) is 14.3. The fraction of sp³-hybridized carbons (Fsp3) is 0.0938. The van der Waals surface area contributed by atoms with Crippen LogP contribution in [-0.2, 0) is 4.79 Å². The van der Waals surface area contributed by atoms with Crippen molar-refractivity contribution in [3.05, 3.63) is 123 Å². The topological polar surface area (TPSA) is 93.7 Å². The molecule has 0 heterocycles. The lowest BCUT2D eigenvalue weighted by Crippen LogP contribution is -2.30. The van der Waals surface area contributed by atoms with Gasteiger partial charge in [-0.2, -0.15) is 0 Å². The molecule has 4 aromatic rings. The van der Waals surface area contributed by atoms with Gasteiger partial charge >= 0.3 is 0 Å². The van der Waals surface area contributed by atoms with Gasteiger partial charge < -0.3 is 20.1 Å². The van der Waals surface area contributed by atoms with Gasteiger partial charge in [-0.15, -0.1) is 11.8 Å². The number of rotatable bonds is 11. The Morgan fingerprint density at radius 3 is 2.17 bits per heavy atom. The van der Waals surface area contributed by atoms with E-state index in [2.05, 4.69) is 10.6 Å². The first kappa shape index (κ1) is 30.7. The van der Waals surface area contributed by atoms with Crippen molar-refractivity contribution in [2.24, 2.45) is 0 Å². The predicted octanol–water partition coefficient (Wildman–Crippen LogP) is 7.40. The van der Waals surface area contributed by atoms with E-state index in [-0.39, 0.29) is 17.2 Å². The lowest BCUT2D eigenvalue weighted by atomic mass is 10.1. The van der Waals surface area contributed by atoms with Crippen LogP contribution < -0.4 is 20.1 Å². The van der Waals surface area contributed by atoms with Crippen LogP contribution in [0, 0.1) is 0 Å². The van der Waals surface area contributed by atoms with Gasteiger partial charge in [0, 0.05) is 37.3 Å². The summed E-state index contributed by atoms with van der Waals surface area (Å²) in [6.07, 6.45) is 1.43. The third-order valence-corrected chi connectivity index (χ3v) is 7.64. The standard InChI is InChI=1S/C32H26Cl2N2O5S/c1-40-29-15-14-21(16-30(29)41-2)28(37)19-42-23-11-6-10-22(17-23)35-32(39)27(18-24-25(33)12-7-13-26(24)34)36-31(38)20-8-4-3-5-9-20/h3-18H,19H2,1-2H3,(H,35,39)(H,36,38)/b27-18-. The van der Waals surface area contributed by atoms with E-state index >= 15 is 0 Å². The van der Waals surface area contributed by atoms with Crippen LogP contribution in [0.25, 0.3) is 6.08 Å². The van der Waals surface area contributed by atoms with Crippen molar-refractivity contribution in [1.82, 2.24) is 5.32 Å². The number of Topliss-reactive ketones (excluding diaryl/α,β-unsaturated/α-hetero) is 1. The Bertz CT molecular complexity index is 1620. The molecule has 0 saturated heterocycles. The van der Waals surface area contributed by atoms with Crippen LogP contribution in [0.5, 0.6) is 11.5 Å². The van der Waals surface area contributed by atoms with E-state index in [9.17, 15) is 14.4 Å². The lowest BCUT2D eigenvalue weighted by Gasteiger charge is -2.13. The molecule has 0 aliphatic heterocycles. The number of amides is 2. The van der Waals surface area contributed by atoms with Gasteiger partial charge in [0.15, 0.2) is 17.3 Å². The van der Waals surface area contributed by atoms with Crippen LogP contribution in [0.1, 0.15) is 26.3 Å². The first-order chi connectivity index (χ1) is 20.3. The van der Waals surface area contributed by atoms with Crippen LogP contribution in [0.15, 0.2) is 102 Å². The molecular formula is C32H26Cl2N2O5S. The number of ether oxygens (including phenoxy) is 2. The van der Waals surface area contributed by atoms with E-state index in [1.54, 1.807) is 84.9 Å². The normalized spacial score (nSPS) is 11.0. The van der Waals surface area contributed by atoms with E-state index < -0.39 is 11.8 Å². The molecule has 2 amide bonds. The van der Waals surface area contributed by atoms with Crippen molar-refractivity contribution in [2.45, 2.75) is 4.90 Å². The molecule has 0 aliphatic carbocycles. The zero-order chi connectivity index (χ0) is 30.1. The molecule has 10 heteroatoms. The minimum Gasteiger partial charge on any atom is -0.493 e. The highest BCUT2D eigenvalue weighted by Crippen LogP contribution is 2.30. The van der Waals surface area contributed by atoms with E-state index in [0.29, 0.717) is 43.9 Å². The van der Waals surface area contributed by atoms with Crippen molar-refractivity contribution in [1.29, 1.82) is 0 Å². The Labute approximate surface area is 257 Å². The molecule has 0 spiro atoms. The molecule has 4 rings (SSSR count). The maximum Gasteiger partial charge on any atom is 0.272 e. The molecule has 0 aliphatic rings. The van der Waals surface area contributed by atoms with Crippen LogP contribution in [0.4, 0.5) is 5.69 Å². The number of halogens is 2. The predicted molar refractivity (Wildman–Crippen MR) is 168 cm³/mol. The molecular weight excluding hydrogens is 595 g/mol. The molecule has 7 nitrogen and oxygen atoms in total. The smallest absolute Gasteiger partial charge is 0.272 e. The number of nitrogens with one attached hydrogen (secondary N) is 2. The third kappa shape index (κ3) is 7.94. The Morgan fingerprint density at radius 1 is 0.786 bits per heavy atom. The summed E-state index contributed by atoms with van der Waals surface area (Å²) in [5, 5.41) is 6.12. The Morgan fingerprint density at radius 2 is 1.48 bits per heavy atom. The largest absolute Gasteiger partial charge is 0.493 e. The quantitative estimate of drug-likeness (QED) is 0.103. The highest BCUT2D eigenvalue weighted by Gasteiger charge is 2.17. The second-order valence-electron chi connectivity index (χ2n) is 8.78. The fourth-order valence-electron chi connectivity index (χ4n) is 3.84. The molecule has 0 radical (unpaired) electrons. The third-order valence-electron chi connectivity index (χ3n) is 5.98. The summed E-state index contributed by atoms with van der Waals surface area (Å²) in [7, 11) is 3.04. The summed E-state index contributed by atoms with van der Waals surface area (Å²) in [5.41, 5.74) is 1.66. The molecule has 214 valence electrons. The number of benzene rings is 4. The van der Waals surface area contributed by atoms with Gasteiger partial charge in [0.2, 0.25) is 0 Å². The summed E-state index contributed by atoms with van der Waals surface area (Å²) < 4.78 is 10.5. The van der Waals surface area contributed by atoms with Crippen LogP contribution in [0.2, 0.25) is 10.0 Å². The van der Waals surface area contributed by atoms with Crippen molar-refractivity contribution >= 4 is 64.3 Å². The molecule has 0 aromatic heterocycles. The zero-order valence-corrected chi connectivity index (χ0v) is 25.0. The van der Waals surface area contributed by atoms with Crippen LogP contribution in [0.3, 0.4) is 0 Å². The SMILES string of the molecule is COc1ccc(C(=O)CSc2cccc(NC(=O)/C(=C/c3c(Cl)cccc3Cl)NC(=O)c3ccccc3)c2)cc1OC. The van der Waals surface area contributed by atoms with Crippen LogP contribution >= 0.6 is 35.0 Å². The molecule has 42 heavy (non-hydrogen) atoms. The summed E-state index contributed by atoms with van der Waals surface area (Å²) >= 11 is 14.0. The van der Waals surface area contributed by atoms with Gasteiger partial charge in [-0.3, -0.25) is 14.4 Å². The Kier molecular flexibility index (Phi) is 10.7. The summed E-state index contributed by atoms with van der Waals surface area (Å²) in [6, 6.07) is 25.5. The lowest BCUT2D eigenvalue weighted by molar-refractivity contribution is -0.113. The Balaban J connectivity index is 1.51. The van der Waals surface area contributed by atoms with Crippen LogP contribution in [-0.4, -0.2) is 37.6 Å². The van der Waals surface area contributed by atoms with Gasteiger partial charge in [0.1, 0.15) is 5.70 Å². The van der Waals surface area contributed by atoms with E-state index in [1.165, 1.54) is 32.1 Å². The molecule has 4 aromatic carbocycles. The number of ketones is 1. The highest BCUT2D eigenvalue weighted by molar-refractivity contribution is 8.00. The minimum absolute atomic E-state index is 0.0551. The number of carbonyl (C=O) groups excluding carboxylic acids is 3. The molecule has 2 N–H and O–H groups in total. The average molecular weight is 622 g/mol. The highest BCUT2D eigenvalue weighted by atomic mass is 35.5. The fourth-order valence-corrected chi connectivity index (χ4v) is 5.20. The van der Waals surface area contributed by atoms with Gasteiger partial charge in [-0.05, 0) is 66.7 Å². The number of methoxy groups -OCH3 is 2. The van der Waals surface area contributed by atoms with Crippen molar-refractivity contribution < 1.29 is 23.9 Å². The minimum atomic E-state index is -0.584. The Hall–Kier alpha value is -4.24. The van der Waals surface area contributed by atoms with Crippen molar-refractivity contribution in [2.75, 3.05) is 25.3 Å². The zero-order valence-electron chi connectivity index (χ0n) is 22.7. The summed E-state index contributed by atoms with van der Waals surface area (Å²) in [4.78, 5) is 39.9. The average Bonchev–Trinajstić information content (AvgIpc) is 3.01. The maximum atomic E-state index is 13.4. The molecule has 0 bridgehead atoms. The maximum absolute atomic E-state index is 13.4. The van der Waals surface area contributed by atoms with Gasteiger partial charge in [0.25, 0.3) is 11.8 Å². The number of hydrogen-bond donors (Lipinski definition) is 2. The molecule has 0 unspecified atom stereocenters. The second-order valence-corrected chi connectivity index (χ2v) is 10.6.